The Kier molecular flexibility index (Phi) is 6.21. The fourth-order valence-corrected chi connectivity index (χ4v) is 3.27. The van der Waals surface area contributed by atoms with E-state index in [4.69, 9.17) is 4.42 Å². The summed E-state index contributed by atoms with van der Waals surface area (Å²) in [6, 6.07) is 12.5. The van der Waals surface area contributed by atoms with Crippen LogP contribution in [-0.2, 0) is 10.2 Å². The molecule has 3 rings (SSSR count). The third-order valence-corrected chi connectivity index (χ3v) is 5.17. The molecule has 0 unspecified atom stereocenters. The molecule has 0 saturated heterocycles. The molecule has 0 aliphatic rings. The van der Waals surface area contributed by atoms with Gasteiger partial charge in [0.05, 0.1) is 10.7 Å². The number of anilines is 1. The van der Waals surface area contributed by atoms with Gasteiger partial charge in [0.1, 0.15) is 5.69 Å². The van der Waals surface area contributed by atoms with Crippen LogP contribution in [0.4, 0.5) is 11.4 Å². The zero-order valence-corrected chi connectivity index (χ0v) is 17.9. The molecular weight excluding hydrogens is 404 g/mol. The molecule has 0 aliphatic carbocycles. The van der Waals surface area contributed by atoms with Crippen molar-refractivity contribution < 1.29 is 14.1 Å². The second kappa shape index (κ2) is 8.66. The number of amides is 1. The molecule has 9 heteroatoms. The van der Waals surface area contributed by atoms with Gasteiger partial charge in [0.2, 0.25) is 11.8 Å². The minimum Gasteiger partial charge on any atom is -0.411 e. The number of nitrogens with one attached hydrogen (secondary N) is 1. The van der Waals surface area contributed by atoms with E-state index in [1.165, 1.54) is 17.7 Å². The smallest absolute Gasteiger partial charge is 0.293 e. The summed E-state index contributed by atoms with van der Waals surface area (Å²) in [5.41, 5.74) is 2.79. The Morgan fingerprint density at radius 1 is 1.17 bits per heavy atom. The van der Waals surface area contributed by atoms with Crippen molar-refractivity contribution in [1.82, 2.24) is 10.2 Å². The van der Waals surface area contributed by atoms with Crippen LogP contribution in [0.3, 0.4) is 0 Å². The Hall–Kier alpha value is -3.20. The summed E-state index contributed by atoms with van der Waals surface area (Å²) in [6.07, 6.45) is 0. The van der Waals surface area contributed by atoms with E-state index in [-0.39, 0.29) is 27.8 Å². The number of nitrogens with zero attached hydrogens (tertiary/aromatic N) is 3. The number of benzene rings is 2. The summed E-state index contributed by atoms with van der Waals surface area (Å²) in [5, 5.41) is 22.0. The molecule has 1 amide bonds. The maximum atomic E-state index is 12.2. The molecule has 0 fully saturated rings. The second-order valence-electron chi connectivity index (χ2n) is 7.82. The van der Waals surface area contributed by atoms with Gasteiger partial charge in [0.25, 0.3) is 10.9 Å². The van der Waals surface area contributed by atoms with Crippen LogP contribution in [0.15, 0.2) is 52.1 Å². The number of hydrogen-bond acceptors (Lipinski definition) is 7. The molecule has 0 saturated carbocycles. The predicted octanol–water partition coefficient (Wildman–Crippen LogP) is 4.98. The van der Waals surface area contributed by atoms with Gasteiger partial charge in [-0.05, 0) is 41.7 Å². The first-order chi connectivity index (χ1) is 14.1. The fraction of sp³-hybridized carbons (Fsp3) is 0.286. The molecule has 0 radical (unpaired) electrons. The fourth-order valence-electron chi connectivity index (χ4n) is 2.71. The highest BCUT2D eigenvalue weighted by atomic mass is 32.2. The lowest BCUT2D eigenvalue weighted by Crippen LogP contribution is -2.15. The summed E-state index contributed by atoms with van der Waals surface area (Å²) < 4.78 is 5.63. The lowest BCUT2D eigenvalue weighted by Gasteiger charge is -2.18. The third-order valence-electron chi connectivity index (χ3n) is 4.36. The molecule has 1 N–H and O–H groups in total. The normalized spacial score (nSPS) is 11.3. The van der Waals surface area contributed by atoms with Crippen molar-refractivity contribution in [1.29, 1.82) is 0 Å². The Morgan fingerprint density at radius 2 is 1.87 bits per heavy atom. The monoisotopic (exact) mass is 426 g/mol. The summed E-state index contributed by atoms with van der Waals surface area (Å²) in [7, 11) is 0. The molecule has 0 bridgehead atoms. The van der Waals surface area contributed by atoms with Crippen LogP contribution in [0, 0.1) is 17.0 Å². The molecule has 3 aromatic rings. The Labute approximate surface area is 178 Å². The quantitative estimate of drug-likeness (QED) is 0.336. The maximum absolute atomic E-state index is 12.2. The van der Waals surface area contributed by atoms with Gasteiger partial charge in [-0.15, -0.1) is 10.2 Å². The number of rotatable bonds is 6. The summed E-state index contributed by atoms with van der Waals surface area (Å²) in [6.45, 7) is 8.16. The van der Waals surface area contributed by atoms with Crippen LogP contribution in [0.2, 0.25) is 0 Å². The number of hydrogen-bond donors (Lipinski definition) is 1. The van der Waals surface area contributed by atoms with Gasteiger partial charge in [-0.25, -0.2) is 0 Å². The topological polar surface area (TPSA) is 111 Å². The van der Waals surface area contributed by atoms with Gasteiger partial charge < -0.3 is 9.73 Å². The van der Waals surface area contributed by atoms with Gasteiger partial charge in [0.15, 0.2) is 0 Å². The molecule has 8 nitrogen and oxygen atoms in total. The third kappa shape index (κ3) is 5.24. The maximum Gasteiger partial charge on any atom is 0.293 e. The van der Waals surface area contributed by atoms with Crippen LogP contribution in [-0.4, -0.2) is 26.8 Å². The number of aromatic nitrogens is 2. The van der Waals surface area contributed by atoms with Crippen molar-refractivity contribution in [2.45, 2.75) is 38.3 Å². The lowest BCUT2D eigenvalue weighted by atomic mass is 9.87. The van der Waals surface area contributed by atoms with Crippen LogP contribution < -0.4 is 5.32 Å². The molecule has 2 aromatic carbocycles. The standard InChI is InChI=1S/C21H22N4O4S/c1-13-5-10-16(17(11-13)25(27)28)22-18(26)12-30-20-24-23-19(29-20)14-6-8-15(9-7-14)21(2,3)4/h5-11H,12H2,1-4H3,(H,22,26). The van der Waals surface area contributed by atoms with Crippen LogP contribution in [0.25, 0.3) is 11.5 Å². The molecule has 0 aliphatic heterocycles. The van der Waals surface area contributed by atoms with E-state index in [1.807, 2.05) is 24.3 Å². The number of carbonyl (C=O) groups excluding carboxylic acids is 1. The predicted molar refractivity (Wildman–Crippen MR) is 116 cm³/mol. The van der Waals surface area contributed by atoms with E-state index in [0.717, 1.165) is 22.9 Å². The first-order valence-electron chi connectivity index (χ1n) is 9.25. The van der Waals surface area contributed by atoms with Crippen molar-refractivity contribution in [3.63, 3.8) is 0 Å². The molecule has 0 spiro atoms. The average Bonchev–Trinajstić information content (AvgIpc) is 3.16. The highest BCUT2D eigenvalue weighted by Crippen LogP contribution is 2.28. The summed E-state index contributed by atoms with van der Waals surface area (Å²) >= 11 is 1.07. The van der Waals surface area contributed by atoms with Gasteiger partial charge in [-0.3, -0.25) is 14.9 Å². The molecule has 156 valence electrons. The number of nitro groups is 1. The van der Waals surface area contributed by atoms with Gasteiger partial charge in [0, 0.05) is 11.6 Å². The lowest BCUT2D eigenvalue weighted by molar-refractivity contribution is -0.384. The van der Waals surface area contributed by atoms with Gasteiger partial charge in [-0.2, -0.15) is 0 Å². The van der Waals surface area contributed by atoms with E-state index >= 15 is 0 Å². The number of nitro benzene ring substituents is 1. The molecular formula is C21H22N4O4S. The first-order valence-corrected chi connectivity index (χ1v) is 10.2. The van der Waals surface area contributed by atoms with Gasteiger partial charge >= 0.3 is 0 Å². The van der Waals surface area contributed by atoms with Crippen LogP contribution >= 0.6 is 11.8 Å². The minimum atomic E-state index is -0.523. The number of thioether (sulfide) groups is 1. The van der Waals surface area contributed by atoms with E-state index in [1.54, 1.807) is 13.0 Å². The Balaban J connectivity index is 1.62. The van der Waals surface area contributed by atoms with Crippen LogP contribution in [0.1, 0.15) is 31.9 Å². The number of carbonyl (C=O) groups is 1. The summed E-state index contributed by atoms with van der Waals surface area (Å²) in [5.74, 6) is -0.0518. The highest BCUT2D eigenvalue weighted by Gasteiger charge is 2.18. The SMILES string of the molecule is Cc1ccc(NC(=O)CSc2nnc(-c3ccc(C(C)(C)C)cc3)o2)c([N+](=O)[O-])c1. The van der Waals surface area contributed by atoms with E-state index in [9.17, 15) is 14.9 Å². The van der Waals surface area contributed by atoms with Crippen molar-refractivity contribution >= 4 is 29.0 Å². The van der Waals surface area contributed by atoms with Gasteiger partial charge in [-0.1, -0.05) is 50.7 Å². The highest BCUT2D eigenvalue weighted by molar-refractivity contribution is 7.99. The average molecular weight is 426 g/mol. The zero-order chi connectivity index (χ0) is 21.9. The Bertz CT molecular complexity index is 1070. The molecule has 1 heterocycles. The van der Waals surface area contributed by atoms with E-state index in [0.29, 0.717) is 5.89 Å². The number of aryl methyl sites for hydroxylation is 1. The molecule has 30 heavy (non-hydrogen) atoms. The minimum absolute atomic E-state index is 0.0182. The Morgan fingerprint density at radius 3 is 2.50 bits per heavy atom. The van der Waals surface area contributed by atoms with E-state index < -0.39 is 10.8 Å². The van der Waals surface area contributed by atoms with Crippen molar-refractivity contribution in [3.8, 4) is 11.5 Å². The second-order valence-corrected chi connectivity index (χ2v) is 8.74. The van der Waals surface area contributed by atoms with Crippen molar-refractivity contribution in [3.05, 3.63) is 63.7 Å². The molecule has 0 atom stereocenters. The van der Waals surface area contributed by atoms with E-state index in [2.05, 4.69) is 36.3 Å². The molecule has 1 aromatic heterocycles. The zero-order valence-electron chi connectivity index (χ0n) is 17.1. The summed E-state index contributed by atoms with van der Waals surface area (Å²) in [4.78, 5) is 22.9. The van der Waals surface area contributed by atoms with Crippen LogP contribution in [0.5, 0.6) is 0 Å². The van der Waals surface area contributed by atoms with Crippen molar-refractivity contribution in [2.75, 3.05) is 11.1 Å². The largest absolute Gasteiger partial charge is 0.411 e. The first kappa shape index (κ1) is 21.5. The van der Waals surface area contributed by atoms with Crippen molar-refractivity contribution in [2.24, 2.45) is 0 Å².